The lowest BCUT2D eigenvalue weighted by molar-refractivity contribution is 0.507. The van der Waals surface area contributed by atoms with Gasteiger partial charge in [-0.1, -0.05) is 30.3 Å². The molecule has 5 nitrogen and oxygen atoms in total. The van der Waals surface area contributed by atoms with Crippen LogP contribution >= 0.6 is 0 Å². The van der Waals surface area contributed by atoms with Gasteiger partial charge in [-0.2, -0.15) is 5.10 Å². The van der Waals surface area contributed by atoms with E-state index in [1.165, 1.54) is 12.8 Å². The Bertz CT molecular complexity index is 754. The van der Waals surface area contributed by atoms with E-state index in [2.05, 4.69) is 15.0 Å². The van der Waals surface area contributed by atoms with Crippen molar-refractivity contribution in [3.8, 4) is 11.4 Å². The molecule has 1 atom stereocenters. The van der Waals surface area contributed by atoms with Crippen molar-refractivity contribution in [1.29, 1.82) is 0 Å². The Kier molecular flexibility index (Phi) is 3.76. The van der Waals surface area contributed by atoms with E-state index in [1.54, 1.807) is 0 Å². The van der Waals surface area contributed by atoms with Gasteiger partial charge in [0.1, 0.15) is 5.82 Å². The Morgan fingerprint density at radius 2 is 1.96 bits per heavy atom. The molecule has 0 N–H and O–H groups in total. The van der Waals surface area contributed by atoms with Crippen molar-refractivity contribution in [2.45, 2.75) is 25.4 Å². The van der Waals surface area contributed by atoms with Gasteiger partial charge in [-0.25, -0.2) is 9.97 Å². The lowest BCUT2D eigenvalue weighted by Gasteiger charge is -2.25. The second-order valence-electron chi connectivity index (χ2n) is 5.82. The Morgan fingerprint density at radius 3 is 2.78 bits per heavy atom. The highest BCUT2D eigenvalue weighted by molar-refractivity contribution is 5.57. The van der Waals surface area contributed by atoms with Gasteiger partial charge in [0, 0.05) is 30.7 Å². The highest BCUT2D eigenvalue weighted by Gasteiger charge is 2.26. The van der Waals surface area contributed by atoms with Gasteiger partial charge in [0.25, 0.3) is 0 Å². The monoisotopic (exact) mass is 305 g/mol. The largest absolute Gasteiger partial charge is 0.352 e. The van der Waals surface area contributed by atoms with Crippen LogP contribution in [0.15, 0.2) is 61.1 Å². The molecule has 0 saturated carbocycles. The molecule has 0 radical (unpaired) electrons. The zero-order valence-corrected chi connectivity index (χ0v) is 12.9. The van der Waals surface area contributed by atoms with Crippen LogP contribution in [0, 0.1) is 0 Å². The van der Waals surface area contributed by atoms with Crippen molar-refractivity contribution in [2.24, 2.45) is 0 Å². The molecule has 0 spiro atoms. The molecule has 23 heavy (non-hydrogen) atoms. The molecule has 5 heteroatoms. The molecule has 1 aliphatic rings. The summed E-state index contributed by atoms with van der Waals surface area (Å²) in [6.45, 7) is 1.94. The predicted octanol–water partition coefficient (Wildman–Crippen LogP) is 3.01. The average molecular weight is 305 g/mol. The molecule has 2 aromatic heterocycles. The molecule has 0 amide bonds. The molecule has 0 unspecified atom stereocenters. The van der Waals surface area contributed by atoms with E-state index in [4.69, 9.17) is 4.98 Å². The van der Waals surface area contributed by atoms with E-state index in [0.717, 1.165) is 30.3 Å². The zero-order valence-electron chi connectivity index (χ0n) is 12.9. The fourth-order valence-electron chi connectivity index (χ4n) is 3.19. The van der Waals surface area contributed by atoms with Crippen molar-refractivity contribution in [3.05, 3.63) is 61.1 Å². The quantitative estimate of drug-likeness (QED) is 0.743. The normalized spacial score (nSPS) is 17.6. The van der Waals surface area contributed by atoms with Crippen LogP contribution in [-0.2, 0) is 6.54 Å². The number of anilines is 1. The molecule has 1 saturated heterocycles. The van der Waals surface area contributed by atoms with Crippen molar-refractivity contribution in [3.63, 3.8) is 0 Å². The minimum atomic E-state index is 0.438. The van der Waals surface area contributed by atoms with Crippen molar-refractivity contribution < 1.29 is 0 Å². The van der Waals surface area contributed by atoms with E-state index in [9.17, 15) is 0 Å². The van der Waals surface area contributed by atoms with Gasteiger partial charge in [0.05, 0.1) is 12.6 Å². The first-order valence-electron chi connectivity index (χ1n) is 8.03. The first kappa shape index (κ1) is 13.9. The van der Waals surface area contributed by atoms with Crippen LogP contribution in [-0.4, -0.2) is 32.3 Å². The molecule has 1 aliphatic heterocycles. The van der Waals surface area contributed by atoms with Crippen molar-refractivity contribution >= 4 is 5.82 Å². The van der Waals surface area contributed by atoms with Gasteiger partial charge in [-0.15, -0.1) is 0 Å². The molecule has 116 valence electrons. The van der Waals surface area contributed by atoms with Crippen LogP contribution < -0.4 is 4.90 Å². The maximum atomic E-state index is 4.79. The fraction of sp³-hybridized carbons (Fsp3) is 0.278. The Balaban J connectivity index is 1.59. The fourth-order valence-corrected chi connectivity index (χ4v) is 3.19. The van der Waals surface area contributed by atoms with Gasteiger partial charge >= 0.3 is 0 Å². The van der Waals surface area contributed by atoms with E-state index < -0.39 is 0 Å². The van der Waals surface area contributed by atoms with E-state index in [-0.39, 0.29) is 0 Å². The van der Waals surface area contributed by atoms with Gasteiger partial charge < -0.3 is 4.90 Å². The maximum Gasteiger partial charge on any atom is 0.161 e. The summed E-state index contributed by atoms with van der Waals surface area (Å²) >= 11 is 0. The summed E-state index contributed by atoms with van der Waals surface area (Å²) in [5.74, 6) is 1.79. The summed E-state index contributed by atoms with van der Waals surface area (Å²) in [4.78, 5) is 11.6. The topological polar surface area (TPSA) is 46.8 Å². The second-order valence-corrected chi connectivity index (χ2v) is 5.82. The van der Waals surface area contributed by atoms with Crippen LogP contribution in [0.5, 0.6) is 0 Å². The van der Waals surface area contributed by atoms with Crippen LogP contribution in [0.1, 0.15) is 12.8 Å². The summed E-state index contributed by atoms with van der Waals surface area (Å²) in [5, 5.41) is 4.33. The molecule has 0 bridgehead atoms. The first-order valence-corrected chi connectivity index (χ1v) is 8.03. The summed E-state index contributed by atoms with van der Waals surface area (Å²) < 4.78 is 2.00. The third kappa shape index (κ3) is 2.95. The molecule has 1 fully saturated rings. The lowest BCUT2D eigenvalue weighted by atomic mass is 10.2. The lowest BCUT2D eigenvalue weighted by Crippen LogP contribution is -2.33. The molecule has 0 aliphatic carbocycles. The molecular formula is C18H19N5. The van der Waals surface area contributed by atoms with Crippen molar-refractivity contribution in [1.82, 2.24) is 19.7 Å². The summed E-state index contributed by atoms with van der Waals surface area (Å²) in [7, 11) is 0. The number of rotatable bonds is 4. The third-order valence-electron chi connectivity index (χ3n) is 4.30. The van der Waals surface area contributed by atoms with Gasteiger partial charge in [0.2, 0.25) is 0 Å². The standard InChI is InChI=1S/C18H19N5/c1-2-6-15(7-3-1)18-19-11-9-17(21-18)23-13-4-8-16(23)14-22-12-5-10-20-22/h1-3,5-7,9-12,16H,4,8,13-14H2/t16-/m0/s1. The SMILES string of the molecule is c1ccc(-c2nccc(N3CCC[C@H]3Cn3cccn3)n2)cc1. The van der Waals surface area contributed by atoms with Gasteiger partial charge in [-0.3, -0.25) is 4.68 Å². The first-order chi connectivity index (χ1) is 11.4. The molecule has 3 aromatic rings. The highest BCUT2D eigenvalue weighted by Crippen LogP contribution is 2.26. The number of aromatic nitrogens is 4. The summed E-state index contributed by atoms with van der Waals surface area (Å²) in [5.41, 5.74) is 1.05. The van der Waals surface area contributed by atoms with Crippen molar-refractivity contribution in [2.75, 3.05) is 11.4 Å². The Morgan fingerprint density at radius 1 is 1.04 bits per heavy atom. The zero-order chi connectivity index (χ0) is 15.5. The third-order valence-corrected chi connectivity index (χ3v) is 4.30. The molecule has 3 heterocycles. The van der Waals surface area contributed by atoms with E-state index in [1.807, 2.05) is 65.7 Å². The average Bonchev–Trinajstić information content (AvgIpc) is 3.28. The van der Waals surface area contributed by atoms with Crippen LogP contribution in [0.2, 0.25) is 0 Å². The Labute approximate surface area is 135 Å². The summed E-state index contributed by atoms with van der Waals surface area (Å²) in [6.07, 6.45) is 8.07. The Hall–Kier alpha value is -2.69. The minimum Gasteiger partial charge on any atom is -0.352 e. The number of nitrogens with zero attached hydrogens (tertiary/aromatic N) is 5. The minimum absolute atomic E-state index is 0.438. The van der Waals surface area contributed by atoms with E-state index in [0.29, 0.717) is 6.04 Å². The van der Waals surface area contributed by atoms with Crippen LogP contribution in [0.4, 0.5) is 5.82 Å². The predicted molar refractivity (Wildman–Crippen MR) is 90.1 cm³/mol. The number of hydrogen-bond acceptors (Lipinski definition) is 4. The van der Waals surface area contributed by atoms with Crippen LogP contribution in [0.3, 0.4) is 0 Å². The van der Waals surface area contributed by atoms with Crippen LogP contribution in [0.25, 0.3) is 11.4 Å². The molecule has 1 aromatic carbocycles. The molecular weight excluding hydrogens is 286 g/mol. The second kappa shape index (κ2) is 6.20. The van der Waals surface area contributed by atoms with Gasteiger partial charge in [0.15, 0.2) is 5.82 Å². The van der Waals surface area contributed by atoms with Gasteiger partial charge in [-0.05, 0) is 25.0 Å². The number of benzene rings is 1. The molecule has 4 rings (SSSR count). The maximum absolute atomic E-state index is 4.79. The van der Waals surface area contributed by atoms with E-state index >= 15 is 0 Å². The number of hydrogen-bond donors (Lipinski definition) is 0. The summed E-state index contributed by atoms with van der Waals surface area (Å²) in [6, 6.07) is 14.5. The smallest absolute Gasteiger partial charge is 0.161 e. The highest BCUT2D eigenvalue weighted by atomic mass is 15.3.